The molecule has 1 saturated heterocycles. The highest BCUT2D eigenvalue weighted by Crippen LogP contribution is 2.42. The number of anilines is 1. The topological polar surface area (TPSA) is 109 Å². The van der Waals surface area contributed by atoms with E-state index < -0.39 is 30.4 Å². The number of ether oxygens (including phenoxy) is 1. The molecule has 0 saturated carbocycles. The molecule has 142 valence electrons. The maximum atomic E-state index is 14.4. The molecule has 0 radical (unpaired) electrons. The highest BCUT2D eigenvalue weighted by molar-refractivity contribution is 5.77. The highest BCUT2D eigenvalue weighted by Gasteiger charge is 2.52. The number of halogens is 2. The molecule has 0 spiro atoms. The third-order valence-electron chi connectivity index (χ3n) is 4.69. The summed E-state index contributed by atoms with van der Waals surface area (Å²) in [6.07, 6.45) is 0.313. The maximum Gasteiger partial charge on any atom is 0.351 e. The molecule has 0 aliphatic carbocycles. The summed E-state index contributed by atoms with van der Waals surface area (Å²) in [5.41, 5.74) is 6.38. The van der Waals surface area contributed by atoms with Gasteiger partial charge in [0.15, 0.2) is 0 Å². The zero-order chi connectivity index (χ0) is 18.9. The van der Waals surface area contributed by atoms with E-state index in [0.717, 1.165) is 15.8 Å². The van der Waals surface area contributed by atoms with Gasteiger partial charge in [0, 0.05) is 51.2 Å². The zero-order valence-corrected chi connectivity index (χ0v) is 14.4. The minimum absolute atomic E-state index is 0.0224. The average molecular weight is 368 g/mol. The molecule has 26 heavy (non-hydrogen) atoms. The molecule has 3 heterocycles. The van der Waals surface area contributed by atoms with Crippen LogP contribution < -0.4 is 16.7 Å². The Labute approximate surface area is 149 Å². The van der Waals surface area contributed by atoms with E-state index in [1.807, 2.05) is 4.90 Å². The van der Waals surface area contributed by atoms with E-state index >= 15 is 0 Å². The third kappa shape index (κ3) is 3.61. The quantitative estimate of drug-likeness (QED) is 0.656. The number of aromatic nitrogens is 2. The Morgan fingerprint density at radius 3 is 3.00 bits per heavy atom. The van der Waals surface area contributed by atoms with Crippen LogP contribution in [0.1, 0.15) is 19.1 Å². The van der Waals surface area contributed by atoms with Crippen LogP contribution in [0, 0.1) is 5.41 Å². The smallest absolute Gasteiger partial charge is 0.351 e. The molecule has 2 aliphatic rings. The first-order valence-electron chi connectivity index (χ1n) is 8.34. The second kappa shape index (κ2) is 7.12. The van der Waals surface area contributed by atoms with E-state index in [1.54, 1.807) is 7.05 Å². The van der Waals surface area contributed by atoms with E-state index in [4.69, 9.17) is 15.9 Å². The fraction of sp³-hybridized carbons (Fsp3) is 0.562. The molecule has 1 fully saturated rings. The van der Waals surface area contributed by atoms with E-state index in [0.29, 0.717) is 26.1 Å². The average Bonchev–Trinajstić information content (AvgIpc) is 2.88. The van der Waals surface area contributed by atoms with Gasteiger partial charge in [-0.05, 0) is 18.1 Å². The van der Waals surface area contributed by atoms with Gasteiger partial charge in [0.1, 0.15) is 5.82 Å². The van der Waals surface area contributed by atoms with Crippen molar-refractivity contribution in [2.24, 2.45) is 0 Å². The summed E-state index contributed by atoms with van der Waals surface area (Å²) < 4.78 is 35.2. The van der Waals surface area contributed by atoms with Gasteiger partial charge in [-0.25, -0.2) is 13.6 Å². The second-order valence-electron chi connectivity index (χ2n) is 6.50. The number of nitrogen functional groups attached to an aromatic ring is 1. The molecule has 1 aromatic rings. The van der Waals surface area contributed by atoms with Gasteiger partial charge >= 0.3 is 5.69 Å². The van der Waals surface area contributed by atoms with Crippen molar-refractivity contribution in [3.8, 4) is 0 Å². The third-order valence-corrected chi connectivity index (χ3v) is 4.69. The first kappa shape index (κ1) is 18.5. The summed E-state index contributed by atoms with van der Waals surface area (Å²) in [7, 11) is 1.78. The molecule has 0 aromatic carbocycles. The highest BCUT2D eigenvalue weighted by atomic mass is 19.3. The number of rotatable bonds is 5. The standard InChI is InChI=1S/C16H22F2N6O2/c1-21-12-9-23(4-2-10(12)7-19)8-11-6-16(17,18)14(26-11)24-5-3-13(20)22-15(24)25/h3,5,7,11,14,19,21H,2,4,6,8-9H2,1H3,(H2,20,22,25)/t11?,14-/m1/s1. The first-order chi connectivity index (χ1) is 12.3. The van der Waals surface area contributed by atoms with Crippen molar-refractivity contribution in [2.75, 3.05) is 32.4 Å². The van der Waals surface area contributed by atoms with Gasteiger partial charge in [0.2, 0.25) is 6.23 Å². The van der Waals surface area contributed by atoms with Gasteiger partial charge in [-0.3, -0.25) is 9.47 Å². The Hall–Kier alpha value is -2.33. The lowest BCUT2D eigenvalue weighted by Gasteiger charge is -2.31. The Morgan fingerprint density at radius 1 is 1.58 bits per heavy atom. The van der Waals surface area contributed by atoms with Gasteiger partial charge in [0.05, 0.1) is 6.10 Å². The summed E-state index contributed by atoms with van der Waals surface area (Å²) in [6, 6.07) is 1.29. The number of alkyl halides is 2. The maximum absolute atomic E-state index is 14.4. The summed E-state index contributed by atoms with van der Waals surface area (Å²) in [5.74, 6) is -3.20. The van der Waals surface area contributed by atoms with Gasteiger partial charge < -0.3 is 21.2 Å². The van der Waals surface area contributed by atoms with Crippen molar-refractivity contribution < 1.29 is 13.5 Å². The lowest BCUT2D eigenvalue weighted by molar-refractivity contribution is -0.118. The summed E-state index contributed by atoms with van der Waals surface area (Å²) in [6.45, 7) is 1.52. The molecular formula is C16H22F2N6O2. The Bertz CT molecular complexity index is 778. The number of hydrogen-bond donors (Lipinski definition) is 3. The van der Waals surface area contributed by atoms with Crippen LogP contribution in [0.15, 0.2) is 28.3 Å². The summed E-state index contributed by atoms with van der Waals surface area (Å²) in [4.78, 5) is 17.4. The van der Waals surface area contributed by atoms with Crippen LogP contribution in [0.25, 0.3) is 0 Å². The molecule has 10 heteroatoms. The van der Waals surface area contributed by atoms with Crippen LogP contribution in [0.3, 0.4) is 0 Å². The van der Waals surface area contributed by atoms with Crippen molar-refractivity contribution in [3.63, 3.8) is 0 Å². The molecule has 0 amide bonds. The number of hydrogen-bond acceptors (Lipinski definition) is 7. The van der Waals surface area contributed by atoms with E-state index in [1.165, 1.54) is 18.5 Å². The van der Waals surface area contributed by atoms with Crippen LogP contribution in [-0.4, -0.2) is 59.4 Å². The van der Waals surface area contributed by atoms with Gasteiger partial charge in [-0.15, -0.1) is 0 Å². The molecule has 2 aliphatic heterocycles. The molecule has 0 bridgehead atoms. The molecule has 3 rings (SSSR count). The van der Waals surface area contributed by atoms with Gasteiger partial charge in [-0.1, -0.05) is 0 Å². The Morgan fingerprint density at radius 2 is 2.35 bits per heavy atom. The number of nitrogens with two attached hydrogens (primary N) is 1. The van der Waals surface area contributed by atoms with Crippen LogP contribution >= 0.6 is 0 Å². The molecule has 8 nitrogen and oxygen atoms in total. The van der Waals surface area contributed by atoms with Crippen LogP contribution in [0.2, 0.25) is 0 Å². The lowest BCUT2D eigenvalue weighted by Crippen LogP contribution is -2.40. The number of nitrogens with one attached hydrogen (secondary N) is 2. The summed E-state index contributed by atoms with van der Waals surface area (Å²) in [5, 5.41) is 10.5. The number of likely N-dealkylation sites (N-methyl/N-ethyl adjacent to an activating group) is 1. The van der Waals surface area contributed by atoms with E-state index in [2.05, 4.69) is 10.3 Å². The Balaban J connectivity index is 1.71. The molecule has 1 unspecified atom stereocenters. The predicted octanol–water partition coefficient (Wildman–Crippen LogP) is 0.577. The fourth-order valence-corrected chi connectivity index (χ4v) is 3.39. The predicted molar refractivity (Wildman–Crippen MR) is 92.3 cm³/mol. The fourth-order valence-electron chi connectivity index (χ4n) is 3.39. The van der Waals surface area contributed by atoms with Crippen LogP contribution in [0.5, 0.6) is 0 Å². The Kier molecular flexibility index (Phi) is 5.05. The molecule has 1 aromatic heterocycles. The lowest BCUT2D eigenvalue weighted by atomic mass is 10.1. The second-order valence-corrected chi connectivity index (χ2v) is 6.50. The molecule has 4 N–H and O–H groups in total. The van der Waals surface area contributed by atoms with Crippen molar-refractivity contribution >= 4 is 12.0 Å². The van der Waals surface area contributed by atoms with Crippen molar-refractivity contribution in [2.45, 2.75) is 31.1 Å². The van der Waals surface area contributed by atoms with E-state index in [-0.39, 0.29) is 5.82 Å². The van der Waals surface area contributed by atoms with Gasteiger partial charge in [0.25, 0.3) is 5.92 Å². The zero-order valence-electron chi connectivity index (χ0n) is 14.4. The van der Waals surface area contributed by atoms with Crippen LogP contribution in [0.4, 0.5) is 14.6 Å². The summed E-state index contributed by atoms with van der Waals surface area (Å²) >= 11 is 0. The SMILES string of the molecule is CNC1=C(C=N)CCN(CC2CC(F)(F)[C@H](n3ccc(N)nc3=O)O2)C1. The van der Waals surface area contributed by atoms with E-state index in [9.17, 15) is 13.6 Å². The van der Waals surface area contributed by atoms with Crippen molar-refractivity contribution in [3.05, 3.63) is 34.0 Å². The molecule has 2 atom stereocenters. The normalized spacial score (nSPS) is 26.1. The minimum Gasteiger partial charge on any atom is -0.390 e. The minimum atomic E-state index is -3.18. The monoisotopic (exact) mass is 368 g/mol. The van der Waals surface area contributed by atoms with Gasteiger partial charge in [-0.2, -0.15) is 4.98 Å². The first-order valence-corrected chi connectivity index (χ1v) is 8.34. The number of nitrogens with zero attached hydrogens (tertiary/aromatic N) is 3. The molecular weight excluding hydrogens is 346 g/mol. The van der Waals surface area contributed by atoms with Crippen molar-refractivity contribution in [1.82, 2.24) is 19.8 Å². The largest absolute Gasteiger partial charge is 0.390 e. The van der Waals surface area contributed by atoms with Crippen LogP contribution in [-0.2, 0) is 4.74 Å². The van der Waals surface area contributed by atoms with Crippen molar-refractivity contribution in [1.29, 1.82) is 5.41 Å².